The van der Waals surface area contributed by atoms with Crippen molar-refractivity contribution in [2.45, 2.75) is 57.0 Å². The molecule has 3 rings (SSSR count). The first-order chi connectivity index (χ1) is 20.2. The summed E-state index contributed by atoms with van der Waals surface area (Å²) in [6.45, 7) is 5.44. The van der Waals surface area contributed by atoms with Gasteiger partial charge in [0.15, 0.2) is 11.5 Å². The monoisotopic (exact) mass is 595 g/mol. The lowest BCUT2D eigenvalue weighted by Crippen LogP contribution is -2.54. The van der Waals surface area contributed by atoms with Crippen molar-refractivity contribution in [2.75, 3.05) is 31.6 Å². The molecule has 226 valence electrons. The van der Waals surface area contributed by atoms with Crippen LogP contribution in [0.2, 0.25) is 0 Å². The van der Waals surface area contributed by atoms with Crippen molar-refractivity contribution in [1.29, 1.82) is 0 Å². The predicted octanol–water partition coefficient (Wildman–Crippen LogP) is 4.66. The Hall–Kier alpha value is -4.05. The van der Waals surface area contributed by atoms with E-state index in [4.69, 9.17) is 9.47 Å². The molecule has 2 unspecified atom stereocenters. The molecule has 0 radical (unpaired) electrons. The number of carbonyl (C=O) groups excluding carboxylic acids is 2. The summed E-state index contributed by atoms with van der Waals surface area (Å²) in [7, 11) is -1.24. The van der Waals surface area contributed by atoms with E-state index in [0.29, 0.717) is 24.3 Å². The van der Waals surface area contributed by atoms with E-state index in [-0.39, 0.29) is 29.1 Å². The first kappa shape index (κ1) is 32.5. The average Bonchev–Trinajstić information content (AvgIpc) is 3.01. The molecule has 0 saturated carbocycles. The van der Waals surface area contributed by atoms with Gasteiger partial charge >= 0.3 is 0 Å². The number of anilines is 1. The summed E-state index contributed by atoms with van der Waals surface area (Å²) in [6, 6.07) is 21.4. The van der Waals surface area contributed by atoms with Crippen molar-refractivity contribution in [1.82, 2.24) is 10.2 Å². The third-order valence-electron chi connectivity index (χ3n) is 7.14. The number of hydrogen-bond acceptors (Lipinski definition) is 6. The standard InChI is InChI=1S/C32H41N3O6S/c1-6-24(3)33-32(37)28(7-2)34(21-20-25-14-10-8-11-15-25)31(36)23-35(42(38,39)27-16-12-9-13-17-27)26-18-19-29(40-4)30(22-26)41-5/h8-19,22,24,28H,6-7,20-21,23H2,1-5H3,(H,33,37). The molecule has 2 atom stereocenters. The van der Waals surface area contributed by atoms with Crippen LogP contribution < -0.4 is 19.1 Å². The van der Waals surface area contributed by atoms with Gasteiger partial charge in [-0.25, -0.2) is 8.42 Å². The molecule has 0 aromatic heterocycles. The van der Waals surface area contributed by atoms with Gasteiger partial charge in [0.1, 0.15) is 12.6 Å². The number of nitrogens with zero attached hydrogens (tertiary/aromatic N) is 2. The molecule has 3 aromatic rings. The van der Waals surface area contributed by atoms with Crippen LogP contribution in [-0.2, 0) is 26.0 Å². The van der Waals surface area contributed by atoms with Gasteiger partial charge in [-0.15, -0.1) is 0 Å². The Labute approximate surface area is 249 Å². The minimum atomic E-state index is -4.18. The smallest absolute Gasteiger partial charge is 0.264 e. The van der Waals surface area contributed by atoms with E-state index < -0.39 is 28.5 Å². The summed E-state index contributed by atoms with van der Waals surface area (Å²) in [5.41, 5.74) is 1.23. The van der Waals surface area contributed by atoms with Gasteiger partial charge in [0.25, 0.3) is 10.0 Å². The van der Waals surface area contributed by atoms with E-state index in [1.165, 1.54) is 37.3 Å². The molecule has 3 aromatic carbocycles. The second kappa shape index (κ2) is 15.3. The van der Waals surface area contributed by atoms with Crippen LogP contribution in [-0.4, -0.2) is 64.5 Å². The molecule has 0 fully saturated rings. The van der Waals surface area contributed by atoms with Crippen molar-refractivity contribution < 1.29 is 27.5 Å². The number of rotatable bonds is 15. The van der Waals surface area contributed by atoms with Gasteiger partial charge in [0.05, 0.1) is 24.8 Å². The minimum absolute atomic E-state index is 0.0324. The third-order valence-corrected chi connectivity index (χ3v) is 8.92. The molecule has 0 aliphatic heterocycles. The maximum absolute atomic E-state index is 14.1. The lowest BCUT2D eigenvalue weighted by atomic mass is 10.1. The molecule has 0 aliphatic carbocycles. The highest BCUT2D eigenvalue weighted by atomic mass is 32.2. The number of amides is 2. The Balaban J connectivity index is 2.05. The Morgan fingerprint density at radius 3 is 2.05 bits per heavy atom. The zero-order valence-electron chi connectivity index (χ0n) is 24.9. The molecule has 0 spiro atoms. The van der Waals surface area contributed by atoms with Crippen LogP contribution in [0.25, 0.3) is 0 Å². The van der Waals surface area contributed by atoms with Crippen LogP contribution in [0.3, 0.4) is 0 Å². The van der Waals surface area contributed by atoms with Crippen molar-refractivity contribution >= 4 is 27.5 Å². The summed E-state index contributed by atoms with van der Waals surface area (Å²) in [6.07, 6.45) is 1.61. The van der Waals surface area contributed by atoms with Crippen molar-refractivity contribution in [3.63, 3.8) is 0 Å². The number of nitrogens with one attached hydrogen (secondary N) is 1. The van der Waals surface area contributed by atoms with Crippen LogP contribution in [0.1, 0.15) is 39.2 Å². The molecule has 0 saturated heterocycles. The molecule has 42 heavy (non-hydrogen) atoms. The number of methoxy groups -OCH3 is 2. The second-order valence-electron chi connectivity index (χ2n) is 9.93. The van der Waals surface area contributed by atoms with Crippen LogP contribution in [0.4, 0.5) is 5.69 Å². The Bertz CT molecular complexity index is 1420. The van der Waals surface area contributed by atoms with E-state index in [1.807, 2.05) is 51.1 Å². The quantitative estimate of drug-likeness (QED) is 0.274. The van der Waals surface area contributed by atoms with E-state index in [9.17, 15) is 18.0 Å². The zero-order chi connectivity index (χ0) is 30.7. The van der Waals surface area contributed by atoms with E-state index in [1.54, 1.807) is 30.3 Å². The van der Waals surface area contributed by atoms with Crippen LogP contribution in [0.15, 0.2) is 83.8 Å². The first-order valence-electron chi connectivity index (χ1n) is 14.1. The molecule has 10 heteroatoms. The highest BCUT2D eigenvalue weighted by molar-refractivity contribution is 7.92. The van der Waals surface area contributed by atoms with Crippen molar-refractivity contribution in [3.8, 4) is 11.5 Å². The molecule has 0 heterocycles. The van der Waals surface area contributed by atoms with Gasteiger partial charge in [-0.3, -0.25) is 13.9 Å². The molecule has 9 nitrogen and oxygen atoms in total. The lowest BCUT2D eigenvalue weighted by molar-refractivity contribution is -0.139. The fourth-order valence-corrected chi connectivity index (χ4v) is 5.99. The van der Waals surface area contributed by atoms with Crippen molar-refractivity contribution in [3.05, 3.63) is 84.4 Å². The molecule has 0 bridgehead atoms. The summed E-state index contributed by atoms with van der Waals surface area (Å²) < 4.78 is 39.8. The van der Waals surface area contributed by atoms with Crippen LogP contribution in [0.5, 0.6) is 11.5 Å². The first-order valence-corrected chi connectivity index (χ1v) is 15.5. The maximum atomic E-state index is 14.1. The average molecular weight is 596 g/mol. The minimum Gasteiger partial charge on any atom is -0.493 e. The fraction of sp³-hybridized carbons (Fsp3) is 0.375. The zero-order valence-corrected chi connectivity index (χ0v) is 25.8. The van der Waals surface area contributed by atoms with E-state index in [0.717, 1.165) is 16.3 Å². The normalized spacial score (nSPS) is 12.6. The van der Waals surface area contributed by atoms with Gasteiger partial charge in [-0.05, 0) is 56.0 Å². The van der Waals surface area contributed by atoms with Crippen LogP contribution in [0, 0.1) is 0 Å². The molecule has 0 aliphatic rings. The van der Waals surface area contributed by atoms with Crippen molar-refractivity contribution in [2.24, 2.45) is 0 Å². The molecular formula is C32H41N3O6S. The number of benzene rings is 3. The van der Waals surface area contributed by atoms with Gasteiger partial charge in [-0.2, -0.15) is 0 Å². The summed E-state index contributed by atoms with van der Waals surface area (Å²) >= 11 is 0. The topological polar surface area (TPSA) is 105 Å². The fourth-order valence-electron chi connectivity index (χ4n) is 4.57. The molecule has 2 amide bonds. The number of carbonyl (C=O) groups is 2. The largest absolute Gasteiger partial charge is 0.493 e. The molecule has 1 N–H and O–H groups in total. The maximum Gasteiger partial charge on any atom is 0.264 e. The van der Waals surface area contributed by atoms with Gasteiger partial charge < -0.3 is 19.7 Å². The Morgan fingerprint density at radius 1 is 0.857 bits per heavy atom. The van der Waals surface area contributed by atoms with Crippen LogP contribution >= 0.6 is 0 Å². The number of sulfonamides is 1. The highest BCUT2D eigenvalue weighted by Gasteiger charge is 2.34. The summed E-state index contributed by atoms with van der Waals surface area (Å²) in [5.74, 6) is -0.0267. The number of ether oxygens (including phenoxy) is 2. The Kier molecular flexibility index (Phi) is 11.8. The van der Waals surface area contributed by atoms with E-state index in [2.05, 4.69) is 5.32 Å². The predicted molar refractivity (Wildman–Crippen MR) is 164 cm³/mol. The Morgan fingerprint density at radius 2 is 1.48 bits per heavy atom. The lowest BCUT2D eigenvalue weighted by Gasteiger charge is -2.33. The third kappa shape index (κ3) is 8.03. The highest BCUT2D eigenvalue weighted by Crippen LogP contribution is 2.34. The van der Waals surface area contributed by atoms with E-state index >= 15 is 0 Å². The summed E-state index contributed by atoms with van der Waals surface area (Å²) in [4.78, 5) is 29.0. The summed E-state index contributed by atoms with van der Waals surface area (Å²) in [5, 5.41) is 2.99. The number of hydrogen-bond donors (Lipinski definition) is 1. The second-order valence-corrected chi connectivity index (χ2v) is 11.8. The van der Waals surface area contributed by atoms with Gasteiger partial charge in [0, 0.05) is 18.7 Å². The molecular weight excluding hydrogens is 554 g/mol. The SMILES string of the molecule is CCC(C)NC(=O)C(CC)N(CCc1ccccc1)C(=O)CN(c1ccc(OC)c(OC)c1)S(=O)(=O)c1ccccc1. The van der Waals surface area contributed by atoms with Gasteiger partial charge in [0.2, 0.25) is 11.8 Å². The van der Waals surface area contributed by atoms with Gasteiger partial charge in [-0.1, -0.05) is 62.4 Å².